The van der Waals surface area contributed by atoms with Gasteiger partial charge in [0.25, 0.3) is 0 Å². The third kappa shape index (κ3) is 3.19. The van der Waals surface area contributed by atoms with E-state index in [1.54, 1.807) is 11.8 Å². The highest BCUT2D eigenvalue weighted by Crippen LogP contribution is 2.42. The second-order valence-electron chi connectivity index (χ2n) is 6.35. The number of hydrogen-bond donors (Lipinski definition) is 0. The van der Waals surface area contributed by atoms with Gasteiger partial charge in [0.1, 0.15) is 0 Å². The molecule has 1 saturated heterocycles. The van der Waals surface area contributed by atoms with Gasteiger partial charge in [0.05, 0.1) is 5.60 Å². The summed E-state index contributed by atoms with van der Waals surface area (Å²) in [5.74, 6) is 0.471. The van der Waals surface area contributed by atoms with Gasteiger partial charge in [-0.05, 0) is 38.0 Å². The number of hydrogen-bond acceptors (Lipinski definition) is 3. The first kappa shape index (κ1) is 15.1. The number of carbonyl (C=O) groups is 1. The number of carbonyl (C=O) groups excluding carboxylic acids is 1. The monoisotopic (exact) mass is 304 g/mol. The molecule has 1 atom stereocenters. The molecule has 2 nitrogen and oxygen atoms in total. The van der Waals surface area contributed by atoms with Crippen molar-refractivity contribution in [3.8, 4) is 0 Å². The summed E-state index contributed by atoms with van der Waals surface area (Å²) in [6.45, 7) is 0.748. The Hall–Kier alpha value is -0.800. The van der Waals surface area contributed by atoms with Crippen LogP contribution in [0.15, 0.2) is 29.2 Å². The smallest absolute Gasteiger partial charge is 0.167 e. The van der Waals surface area contributed by atoms with Crippen molar-refractivity contribution in [2.75, 3.05) is 12.9 Å². The lowest BCUT2D eigenvalue weighted by Crippen LogP contribution is -2.43. The van der Waals surface area contributed by atoms with Gasteiger partial charge in [0.15, 0.2) is 5.78 Å². The van der Waals surface area contributed by atoms with Gasteiger partial charge < -0.3 is 4.74 Å². The zero-order valence-electron chi connectivity index (χ0n) is 12.8. The van der Waals surface area contributed by atoms with Crippen LogP contribution < -0.4 is 0 Å². The van der Waals surface area contributed by atoms with E-state index >= 15 is 0 Å². The summed E-state index contributed by atoms with van der Waals surface area (Å²) in [6.07, 6.45) is 9.95. The van der Waals surface area contributed by atoms with Crippen molar-refractivity contribution in [1.82, 2.24) is 0 Å². The summed E-state index contributed by atoms with van der Waals surface area (Å²) in [6, 6.07) is 8.02. The summed E-state index contributed by atoms with van der Waals surface area (Å²) < 4.78 is 6.12. The molecule has 1 aliphatic carbocycles. The number of rotatable bonds is 3. The number of benzene rings is 1. The van der Waals surface area contributed by atoms with E-state index in [1.807, 2.05) is 30.5 Å². The molecular weight excluding hydrogens is 280 g/mol. The summed E-state index contributed by atoms with van der Waals surface area (Å²) in [5, 5.41) is 0. The highest BCUT2D eigenvalue weighted by molar-refractivity contribution is 7.98. The Bertz CT molecular complexity index is 500. The van der Waals surface area contributed by atoms with Gasteiger partial charge in [-0.2, -0.15) is 0 Å². The minimum absolute atomic E-state index is 0.00509. The van der Waals surface area contributed by atoms with Crippen LogP contribution in [0.1, 0.15) is 55.3 Å². The third-order valence-corrected chi connectivity index (χ3v) is 5.80. The highest BCUT2D eigenvalue weighted by Gasteiger charge is 2.41. The molecule has 1 unspecified atom stereocenters. The Labute approximate surface area is 131 Å². The van der Waals surface area contributed by atoms with Crippen LogP contribution in [0.3, 0.4) is 0 Å². The second kappa shape index (κ2) is 6.53. The van der Waals surface area contributed by atoms with Crippen molar-refractivity contribution >= 4 is 17.5 Å². The van der Waals surface area contributed by atoms with E-state index in [2.05, 4.69) is 0 Å². The van der Waals surface area contributed by atoms with Crippen LogP contribution in [0.2, 0.25) is 0 Å². The topological polar surface area (TPSA) is 26.3 Å². The molecule has 21 heavy (non-hydrogen) atoms. The lowest BCUT2D eigenvalue weighted by atomic mass is 9.74. The average molecular weight is 304 g/mol. The van der Waals surface area contributed by atoms with E-state index in [0.29, 0.717) is 5.78 Å². The second-order valence-corrected chi connectivity index (χ2v) is 7.19. The molecule has 114 valence electrons. The fourth-order valence-corrected chi connectivity index (χ4v) is 4.47. The maximum Gasteiger partial charge on any atom is 0.167 e. The highest BCUT2D eigenvalue weighted by atomic mass is 32.2. The third-order valence-electron chi connectivity index (χ3n) is 5.00. The predicted molar refractivity (Wildman–Crippen MR) is 87.0 cm³/mol. The minimum atomic E-state index is 0.00509. The van der Waals surface area contributed by atoms with Crippen LogP contribution in [0.4, 0.5) is 0 Å². The fourth-order valence-electron chi connectivity index (χ4n) is 3.86. The van der Waals surface area contributed by atoms with Gasteiger partial charge in [-0.1, -0.05) is 37.5 Å². The maximum atomic E-state index is 12.9. The summed E-state index contributed by atoms with van der Waals surface area (Å²) in [4.78, 5) is 14.0. The van der Waals surface area contributed by atoms with E-state index in [-0.39, 0.29) is 11.5 Å². The van der Waals surface area contributed by atoms with Gasteiger partial charge >= 0.3 is 0 Å². The van der Waals surface area contributed by atoms with Gasteiger partial charge in [0, 0.05) is 23.0 Å². The summed E-state index contributed by atoms with van der Waals surface area (Å²) in [7, 11) is 0. The van der Waals surface area contributed by atoms with Gasteiger partial charge in [-0.15, -0.1) is 11.8 Å². The molecule has 0 aromatic heterocycles. The fraction of sp³-hybridized carbons (Fsp3) is 0.611. The Morgan fingerprint density at radius 3 is 2.76 bits per heavy atom. The van der Waals surface area contributed by atoms with Crippen LogP contribution in [0.5, 0.6) is 0 Å². The zero-order chi connectivity index (χ0) is 14.7. The van der Waals surface area contributed by atoms with Crippen LogP contribution >= 0.6 is 11.8 Å². The van der Waals surface area contributed by atoms with Crippen molar-refractivity contribution in [2.24, 2.45) is 5.92 Å². The maximum absolute atomic E-state index is 12.9. The normalized spacial score (nSPS) is 24.9. The number of ketones is 1. The van der Waals surface area contributed by atoms with Crippen molar-refractivity contribution < 1.29 is 9.53 Å². The SMILES string of the molecule is CSc1ccccc1C(=O)C1CCOC2(CCCCC2)C1. The molecule has 0 amide bonds. The van der Waals surface area contributed by atoms with Gasteiger partial charge in [0.2, 0.25) is 0 Å². The Morgan fingerprint density at radius 2 is 2.00 bits per heavy atom. The van der Waals surface area contributed by atoms with Crippen LogP contribution in [0, 0.1) is 5.92 Å². The Kier molecular flexibility index (Phi) is 4.70. The summed E-state index contributed by atoms with van der Waals surface area (Å²) in [5.41, 5.74) is 0.911. The lowest BCUT2D eigenvalue weighted by molar-refractivity contribution is -0.111. The molecule has 0 bridgehead atoms. The standard InChI is InChI=1S/C18H24O2S/c1-21-16-8-4-3-7-15(16)17(19)14-9-12-20-18(13-14)10-5-2-6-11-18/h3-4,7-8,14H,2,5-6,9-13H2,1H3. The van der Waals surface area contributed by atoms with Crippen molar-refractivity contribution in [3.05, 3.63) is 29.8 Å². The van der Waals surface area contributed by atoms with Gasteiger partial charge in [-0.25, -0.2) is 0 Å². The molecule has 1 aliphatic heterocycles. The van der Waals surface area contributed by atoms with Crippen molar-refractivity contribution in [2.45, 2.75) is 55.4 Å². The Balaban J connectivity index is 1.78. The lowest BCUT2D eigenvalue weighted by Gasteiger charge is -2.43. The van der Waals surface area contributed by atoms with E-state index in [4.69, 9.17) is 4.74 Å². The molecule has 3 heteroatoms. The van der Waals surface area contributed by atoms with E-state index in [9.17, 15) is 4.79 Å². The molecule has 3 rings (SSSR count). The average Bonchev–Trinajstić information content (AvgIpc) is 2.55. The first-order chi connectivity index (χ1) is 10.2. The van der Waals surface area contributed by atoms with Crippen LogP contribution in [-0.2, 0) is 4.74 Å². The molecule has 1 spiro atoms. The number of ether oxygens (including phenoxy) is 1. The number of Topliss-reactive ketones (excluding diaryl/α,β-unsaturated/α-hetero) is 1. The minimum Gasteiger partial charge on any atom is -0.375 e. The quantitative estimate of drug-likeness (QED) is 0.597. The van der Waals surface area contributed by atoms with Crippen LogP contribution in [0.25, 0.3) is 0 Å². The van der Waals surface area contributed by atoms with E-state index < -0.39 is 0 Å². The van der Waals surface area contributed by atoms with Crippen molar-refractivity contribution in [3.63, 3.8) is 0 Å². The first-order valence-electron chi connectivity index (χ1n) is 8.05. The van der Waals surface area contributed by atoms with Gasteiger partial charge in [-0.3, -0.25) is 4.79 Å². The summed E-state index contributed by atoms with van der Waals surface area (Å²) >= 11 is 1.66. The number of thioether (sulfide) groups is 1. The molecule has 2 aliphatic rings. The Morgan fingerprint density at radius 1 is 1.24 bits per heavy atom. The molecule has 0 N–H and O–H groups in total. The molecule has 1 heterocycles. The largest absolute Gasteiger partial charge is 0.375 e. The molecule has 1 saturated carbocycles. The first-order valence-corrected chi connectivity index (χ1v) is 9.28. The molecular formula is C18H24O2S. The van der Waals surface area contributed by atoms with Crippen molar-refractivity contribution in [1.29, 1.82) is 0 Å². The molecule has 2 fully saturated rings. The van der Waals surface area contributed by atoms with Crippen LogP contribution in [-0.4, -0.2) is 24.2 Å². The molecule has 0 radical (unpaired) electrons. The molecule has 1 aromatic rings. The zero-order valence-corrected chi connectivity index (χ0v) is 13.6. The predicted octanol–water partition coefficient (Wildman–Crippen LogP) is 4.72. The van der Waals surface area contributed by atoms with E-state index in [1.165, 1.54) is 19.3 Å². The van der Waals surface area contributed by atoms with E-state index in [0.717, 1.165) is 42.7 Å². The molecule has 1 aromatic carbocycles.